The Labute approximate surface area is 98.3 Å². The highest BCUT2D eigenvalue weighted by Crippen LogP contribution is 2.23. The zero-order valence-electron chi connectivity index (χ0n) is 9.67. The monoisotopic (exact) mass is 245 g/mol. The van der Waals surface area contributed by atoms with E-state index in [1.165, 1.54) is 14.2 Å². The molecule has 0 amide bonds. The van der Waals surface area contributed by atoms with E-state index in [1.807, 2.05) is 0 Å². The first-order valence-electron chi connectivity index (χ1n) is 5.33. The molecule has 7 nitrogen and oxygen atoms in total. The Hall–Kier alpha value is -1.18. The molecule has 1 unspecified atom stereocenters. The summed E-state index contributed by atoms with van der Waals surface area (Å²) in [6.45, 7) is 0.210. The summed E-state index contributed by atoms with van der Waals surface area (Å²) in [5.41, 5.74) is 0. The van der Waals surface area contributed by atoms with Crippen LogP contribution in [-0.2, 0) is 28.5 Å². The van der Waals surface area contributed by atoms with Crippen LogP contribution in [-0.4, -0.2) is 57.2 Å². The molecule has 4 atom stereocenters. The molecule has 0 saturated carbocycles. The van der Waals surface area contributed by atoms with Gasteiger partial charge in [0.25, 0.3) is 0 Å². The Morgan fingerprint density at radius 2 is 2.29 bits per heavy atom. The number of ether oxygens (including phenoxy) is 4. The quantitative estimate of drug-likeness (QED) is 0.625. The number of morpholine rings is 1. The molecule has 2 rings (SSSR count). The van der Waals surface area contributed by atoms with Crippen LogP contribution in [0.4, 0.5) is 0 Å². The highest BCUT2D eigenvalue weighted by molar-refractivity contribution is 5.79. The zero-order chi connectivity index (χ0) is 12.4. The van der Waals surface area contributed by atoms with Gasteiger partial charge in [-0.05, 0) is 0 Å². The number of carbonyl (C=O) groups is 2. The van der Waals surface area contributed by atoms with Crippen molar-refractivity contribution in [3.05, 3.63) is 0 Å². The summed E-state index contributed by atoms with van der Waals surface area (Å²) in [7, 11) is 2.79. The van der Waals surface area contributed by atoms with Crippen molar-refractivity contribution >= 4 is 11.9 Å². The second kappa shape index (κ2) is 4.99. The van der Waals surface area contributed by atoms with Crippen molar-refractivity contribution in [2.75, 3.05) is 20.8 Å². The molecule has 2 fully saturated rings. The Morgan fingerprint density at radius 3 is 2.94 bits per heavy atom. The van der Waals surface area contributed by atoms with Gasteiger partial charge in [-0.3, -0.25) is 14.9 Å². The molecule has 2 aliphatic heterocycles. The van der Waals surface area contributed by atoms with Crippen molar-refractivity contribution in [2.24, 2.45) is 0 Å². The Morgan fingerprint density at radius 1 is 1.53 bits per heavy atom. The highest BCUT2D eigenvalue weighted by atomic mass is 16.7. The predicted octanol–water partition coefficient (Wildman–Crippen LogP) is -1.20. The van der Waals surface area contributed by atoms with Gasteiger partial charge in [-0.1, -0.05) is 0 Å². The molecule has 0 aromatic carbocycles. The van der Waals surface area contributed by atoms with Crippen LogP contribution in [0.15, 0.2) is 0 Å². The van der Waals surface area contributed by atoms with Crippen molar-refractivity contribution < 1.29 is 28.5 Å². The molecular formula is C10H15NO6. The molecule has 2 heterocycles. The topological polar surface area (TPSA) is 83.1 Å². The van der Waals surface area contributed by atoms with E-state index in [0.29, 0.717) is 0 Å². The number of methoxy groups -OCH3 is 2. The normalized spacial score (nSPS) is 36.2. The smallest absolute Gasteiger partial charge is 0.326 e. The van der Waals surface area contributed by atoms with Gasteiger partial charge in [0, 0.05) is 7.11 Å². The first-order chi connectivity index (χ1) is 8.15. The van der Waals surface area contributed by atoms with Crippen LogP contribution in [0, 0.1) is 0 Å². The molecule has 0 aromatic heterocycles. The van der Waals surface area contributed by atoms with Gasteiger partial charge in [-0.2, -0.15) is 0 Å². The summed E-state index contributed by atoms with van der Waals surface area (Å²) in [5, 5.41) is 3.01. The Bertz CT molecular complexity index is 320. The molecule has 0 spiro atoms. The van der Waals surface area contributed by atoms with Crippen LogP contribution in [0.25, 0.3) is 0 Å². The zero-order valence-corrected chi connectivity index (χ0v) is 9.67. The van der Waals surface area contributed by atoms with E-state index in [1.54, 1.807) is 0 Å². The van der Waals surface area contributed by atoms with Crippen molar-refractivity contribution in [3.63, 3.8) is 0 Å². The number of rotatable bonds is 3. The first-order valence-corrected chi connectivity index (χ1v) is 5.33. The van der Waals surface area contributed by atoms with E-state index in [4.69, 9.17) is 14.2 Å². The van der Waals surface area contributed by atoms with Gasteiger partial charge < -0.3 is 18.9 Å². The first kappa shape index (κ1) is 12.3. The van der Waals surface area contributed by atoms with Gasteiger partial charge in [0.05, 0.1) is 19.6 Å². The van der Waals surface area contributed by atoms with Crippen molar-refractivity contribution in [3.8, 4) is 0 Å². The average molecular weight is 245 g/mol. The Kier molecular flexibility index (Phi) is 3.60. The number of cyclic esters (lactones) is 1. The molecule has 0 aliphatic carbocycles. The lowest BCUT2D eigenvalue weighted by Crippen LogP contribution is -2.60. The van der Waals surface area contributed by atoms with Gasteiger partial charge in [-0.25, -0.2) is 0 Å². The van der Waals surface area contributed by atoms with Crippen LogP contribution in [0.3, 0.4) is 0 Å². The number of hydrogen-bond donors (Lipinski definition) is 1. The summed E-state index contributed by atoms with van der Waals surface area (Å²) < 4.78 is 20.1. The minimum atomic E-state index is -0.593. The maximum atomic E-state index is 11.4. The van der Waals surface area contributed by atoms with E-state index < -0.39 is 24.3 Å². The number of hydrogen-bond acceptors (Lipinski definition) is 7. The SMILES string of the molecule is COC(=O)CC1N[C@H]2C(=O)OC[C@H]2O[C@H]1OC. The van der Waals surface area contributed by atoms with Crippen molar-refractivity contribution in [2.45, 2.75) is 30.9 Å². The second-order valence-corrected chi connectivity index (χ2v) is 3.94. The van der Waals surface area contributed by atoms with E-state index in [-0.39, 0.29) is 25.1 Å². The lowest BCUT2D eigenvalue weighted by atomic mass is 10.1. The molecule has 2 aliphatic rings. The van der Waals surface area contributed by atoms with Crippen LogP contribution in [0.1, 0.15) is 6.42 Å². The minimum absolute atomic E-state index is 0.0749. The third-order valence-corrected chi connectivity index (χ3v) is 2.89. The van der Waals surface area contributed by atoms with Gasteiger partial charge in [0.15, 0.2) is 6.29 Å². The van der Waals surface area contributed by atoms with E-state index in [9.17, 15) is 9.59 Å². The molecule has 2 saturated heterocycles. The van der Waals surface area contributed by atoms with Gasteiger partial charge >= 0.3 is 11.9 Å². The average Bonchev–Trinajstić information content (AvgIpc) is 2.69. The van der Waals surface area contributed by atoms with Crippen LogP contribution >= 0.6 is 0 Å². The number of esters is 2. The summed E-state index contributed by atoms with van der Waals surface area (Å²) in [6, 6.07) is -0.949. The van der Waals surface area contributed by atoms with Crippen molar-refractivity contribution in [1.29, 1.82) is 0 Å². The molecule has 0 radical (unpaired) electrons. The third kappa shape index (κ3) is 2.41. The molecule has 7 heteroatoms. The summed E-state index contributed by atoms with van der Waals surface area (Å²) >= 11 is 0. The van der Waals surface area contributed by atoms with Crippen LogP contribution in [0.2, 0.25) is 0 Å². The largest absolute Gasteiger partial charge is 0.469 e. The fraction of sp³-hybridized carbons (Fsp3) is 0.800. The van der Waals surface area contributed by atoms with E-state index >= 15 is 0 Å². The summed E-state index contributed by atoms with van der Waals surface area (Å²) in [5.74, 6) is -0.752. The molecular weight excluding hydrogens is 230 g/mol. The van der Waals surface area contributed by atoms with Gasteiger partial charge in [0.1, 0.15) is 18.8 Å². The van der Waals surface area contributed by atoms with Crippen LogP contribution < -0.4 is 5.32 Å². The lowest BCUT2D eigenvalue weighted by molar-refractivity contribution is -0.201. The number of fused-ring (bicyclic) bond motifs is 1. The standard InChI is InChI=1S/C10H15NO6/c1-14-7(12)3-5-10(15-2)17-6-4-16-9(13)8(6)11-5/h5-6,8,10-11H,3-4H2,1-2H3/t5?,6-,8-,10-/m1/s1. The minimum Gasteiger partial charge on any atom is -0.469 e. The number of carbonyl (C=O) groups excluding carboxylic acids is 2. The van der Waals surface area contributed by atoms with Gasteiger partial charge in [-0.15, -0.1) is 0 Å². The third-order valence-electron chi connectivity index (χ3n) is 2.89. The predicted molar refractivity (Wildman–Crippen MR) is 54.0 cm³/mol. The molecule has 1 N–H and O–H groups in total. The molecule has 17 heavy (non-hydrogen) atoms. The van der Waals surface area contributed by atoms with Gasteiger partial charge in [0.2, 0.25) is 0 Å². The van der Waals surface area contributed by atoms with Crippen LogP contribution in [0.5, 0.6) is 0 Å². The maximum absolute atomic E-state index is 11.4. The summed E-state index contributed by atoms with van der Waals surface area (Å²) in [6.07, 6.45) is -0.878. The number of nitrogens with one attached hydrogen (secondary N) is 1. The van der Waals surface area contributed by atoms with Crippen molar-refractivity contribution in [1.82, 2.24) is 5.32 Å². The fourth-order valence-corrected chi connectivity index (χ4v) is 2.01. The Balaban J connectivity index is 2.03. The summed E-state index contributed by atoms with van der Waals surface area (Å²) in [4.78, 5) is 22.6. The van der Waals surface area contributed by atoms with E-state index in [0.717, 1.165) is 0 Å². The lowest BCUT2D eigenvalue weighted by Gasteiger charge is -2.36. The fourth-order valence-electron chi connectivity index (χ4n) is 2.01. The molecule has 96 valence electrons. The second-order valence-electron chi connectivity index (χ2n) is 3.94. The maximum Gasteiger partial charge on any atom is 0.326 e. The molecule has 0 aromatic rings. The molecule has 0 bridgehead atoms. The van der Waals surface area contributed by atoms with E-state index in [2.05, 4.69) is 10.1 Å². The highest BCUT2D eigenvalue weighted by Gasteiger charge is 2.47.